The summed E-state index contributed by atoms with van der Waals surface area (Å²) in [6.07, 6.45) is 6.67. The van der Waals surface area contributed by atoms with Crippen LogP contribution in [-0.2, 0) is 4.79 Å². The molecule has 0 aromatic heterocycles. The first-order chi connectivity index (χ1) is 16.4. The molecule has 0 heterocycles. The Morgan fingerprint density at radius 1 is 0.857 bits per heavy atom. The van der Waals surface area contributed by atoms with E-state index >= 15 is 0 Å². The number of unbranched alkanes of at least 4 members (excludes halogenated alkanes) is 5. The van der Waals surface area contributed by atoms with Gasteiger partial charge in [0.2, 0.25) is 0 Å². The van der Waals surface area contributed by atoms with E-state index in [-0.39, 0.29) is 5.91 Å². The molecule has 1 aromatic carbocycles. The summed E-state index contributed by atoms with van der Waals surface area (Å²) in [5.41, 5.74) is 2.63. The van der Waals surface area contributed by atoms with Gasteiger partial charge in [0.1, 0.15) is 0 Å². The second-order valence-electron chi connectivity index (χ2n) is 10.9. The summed E-state index contributed by atoms with van der Waals surface area (Å²) in [5.74, 6) is -0.650. The van der Waals surface area contributed by atoms with Gasteiger partial charge in [-0.25, -0.2) is 0 Å². The number of amides is 4. The van der Waals surface area contributed by atoms with E-state index in [0.29, 0.717) is 23.1 Å². The Morgan fingerprint density at radius 2 is 1.43 bits per heavy atom. The molecule has 0 unspecified atom stereocenters. The minimum atomic E-state index is -2.50. The average Bonchev–Trinajstić information content (AvgIpc) is 2.79. The Kier molecular flexibility index (Phi) is 13.7. The van der Waals surface area contributed by atoms with Crippen molar-refractivity contribution in [2.45, 2.75) is 85.5 Å². The van der Waals surface area contributed by atoms with Crippen molar-refractivity contribution in [2.75, 3.05) is 20.1 Å². The van der Waals surface area contributed by atoms with Crippen LogP contribution in [0.3, 0.4) is 0 Å². The fourth-order valence-electron chi connectivity index (χ4n) is 3.64. The average molecular weight is 592 g/mol. The molecule has 1 aromatic rings. The van der Waals surface area contributed by atoms with Crippen molar-refractivity contribution in [3.8, 4) is 0 Å². The zero-order chi connectivity index (χ0) is 26.6. The van der Waals surface area contributed by atoms with Gasteiger partial charge in [0.15, 0.2) is 0 Å². The van der Waals surface area contributed by atoms with Crippen LogP contribution >= 0.6 is 0 Å². The molecule has 0 aliphatic rings. The summed E-state index contributed by atoms with van der Waals surface area (Å²) >= 11 is -2.50. The molecule has 0 aliphatic heterocycles. The van der Waals surface area contributed by atoms with Gasteiger partial charge in [-0.15, -0.1) is 0 Å². The number of nitrogens with zero attached hydrogens (tertiary/aromatic N) is 3. The summed E-state index contributed by atoms with van der Waals surface area (Å²) in [7, 11) is 1.55. The number of hydrogen-bond acceptors (Lipinski definition) is 3. The van der Waals surface area contributed by atoms with E-state index < -0.39 is 30.3 Å². The van der Waals surface area contributed by atoms with Gasteiger partial charge in [-0.3, -0.25) is 0 Å². The van der Waals surface area contributed by atoms with Crippen molar-refractivity contribution in [1.82, 2.24) is 14.9 Å². The Morgan fingerprint density at radius 3 is 1.97 bits per heavy atom. The normalized spacial score (nSPS) is 11.1. The zero-order valence-corrected chi connectivity index (χ0v) is 26.2. The number of hydrazine groups is 1. The third-order valence-electron chi connectivity index (χ3n) is 6.07. The van der Waals surface area contributed by atoms with Gasteiger partial charge in [0.05, 0.1) is 0 Å². The van der Waals surface area contributed by atoms with Crippen LogP contribution in [0.1, 0.15) is 76.6 Å². The Balaban J connectivity index is 3.26. The number of allylic oxidation sites excluding steroid dienone is 1. The number of rotatable bonds is 12. The number of benzene rings is 1. The number of urea groups is 1. The van der Waals surface area contributed by atoms with Gasteiger partial charge >= 0.3 is 205 Å². The maximum absolute atomic E-state index is 13.9. The first-order valence-electron chi connectivity index (χ1n) is 13.0. The standard InChI is InChI=1S/C25H38N3O3.3CH3.Sn/c1-7-8-9-10-11-15-18-27(19-21(4)20(2)3)25(31)28(26(6)22(5)29)24(30)23-16-13-12-14-17-23;;;;/h12-14,16-17H,5,7-11,15,18-19H2,1-4,6H3;3*1H3;. The fourth-order valence-corrected chi connectivity index (χ4v) is 6.88. The van der Waals surface area contributed by atoms with Crippen LogP contribution in [0.4, 0.5) is 4.79 Å². The summed E-state index contributed by atoms with van der Waals surface area (Å²) in [6, 6.07) is 8.30. The monoisotopic (exact) mass is 593 g/mol. The van der Waals surface area contributed by atoms with Gasteiger partial charge in [-0.05, 0) is 0 Å². The molecular formula is C28H47N3O3Sn. The van der Waals surface area contributed by atoms with Crippen LogP contribution in [0.25, 0.3) is 0 Å². The third kappa shape index (κ3) is 11.2. The number of carbonyl (C=O) groups excluding carboxylic acids is 3. The molecule has 0 bridgehead atoms. The first-order valence-corrected chi connectivity index (χ1v) is 23.5. The topological polar surface area (TPSA) is 60.9 Å². The minimum absolute atomic E-state index is 0.176. The molecule has 0 N–H and O–H groups in total. The van der Waals surface area contributed by atoms with Crippen LogP contribution in [0, 0.1) is 0 Å². The van der Waals surface area contributed by atoms with E-state index in [9.17, 15) is 14.4 Å². The van der Waals surface area contributed by atoms with Crippen molar-refractivity contribution in [3.63, 3.8) is 0 Å². The molecule has 35 heavy (non-hydrogen) atoms. The maximum atomic E-state index is 13.9. The third-order valence-corrected chi connectivity index (χ3v) is 9.96. The van der Waals surface area contributed by atoms with E-state index in [1.165, 1.54) is 24.3 Å². The van der Waals surface area contributed by atoms with Crippen LogP contribution in [-0.4, -0.2) is 71.3 Å². The second kappa shape index (κ2) is 15.3. The molecule has 4 amide bonds. The van der Waals surface area contributed by atoms with Crippen LogP contribution in [0.2, 0.25) is 19.3 Å². The van der Waals surface area contributed by atoms with Crippen LogP contribution in [0.15, 0.2) is 41.5 Å². The Labute approximate surface area is 217 Å². The predicted octanol–water partition coefficient (Wildman–Crippen LogP) is 6.98. The SMILES string of the molecule is CCCCCCCCN(CC(C)=C(C)C)C(=O)N(C(=O)c1ccccc1)N(C)C(=O)[CH2][Sn]([CH3])([CH3])[CH3]. The van der Waals surface area contributed by atoms with Gasteiger partial charge in [0, 0.05) is 0 Å². The van der Waals surface area contributed by atoms with Crippen LogP contribution in [0.5, 0.6) is 0 Å². The first kappa shape index (κ1) is 31.2. The van der Waals surface area contributed by atoms with E-state index in [1.807, 2.05) is 26.8 Å². The molecule has 0 aliphatic carbocycles. The number of imide groups is 1. The van der Waals surface area contributed by atoms with Gasteiger partial charge in [-0.1, -0.05) is 13.3 Å². The molecular weight excluding hydrogens is 545 g/mol. The second-order valence-corrected chi connectivity index (χ2v) is 26.5. The molecule has 6 nitrogen and oxygen atoms in total. The molecule has 0 spiro atoms. The molecule has 1 rings (SSSR count). The molecule has 196 valence electrons. The zero-order valence-electron chi connectivity index (χ0n) is 23.3. The number of hydrogen-bond donors (Lipinski definition) is 0. The number of carbonyl (C=O) groups is 3. The quantitative estimate of drug-likeness (QED) is 0.114. The Hall–Kier alpha value is -1.83. The summed E-state index contributed by atoms with van der Waals surface area (Å²) in [5, 5.41) is 2.32. The van der Waals surface area contributed by atoms with Crippen molar-refractivity contribution >= 4 is 36.2 Å². The summed E-state index contributed by atoms with van der Waals surface area (Å²) in [6.45, 7) is 9.26. The van der Waals surface area contributed by atoms with Gasteiger partial charge in [-0.2, -0.15) is 0 Å². The molecule has 7 heteroatoms. The van der Waals surface area contributed by atoms with Crippen molar-refractivity contribution < 1.29 is 14.4 Å². The van der Waals surface area contributed by atoms with E-state index in [4.69, 9.17) is 0 Å². The molecule has 0 saturated carbocycles. The summed E-state index contributed by atoms with van der Waals surface area (Å²) < 4.78 is 0.432. The Bertz CT molecular complexity index is 858. The van der Waals surface area contributed by atoms with Crippen molar-refractivity contribution in [2.24, 2.45) is 0 Å². The van der Waals surface area contributed by atoms with Crippen molar-refractivity contribution in [3.05, 3.63) is 47.0 Å². The molecule has 0 fully saturated rings. The summed E-state index contributed by atoms with van der Waals surface area (Å²) in [4.78, 5) is 48.9. The molecule has 0 saturated heterocycles. The van der Waals surface area contributed by atoms with Crippen LogP contribution < -0.4 is 0 Å². The molecule has 0 radical (unpaired) electrons. The van der Waals surface area contributed by atoms with E-state index in [2.05, 4.69) is 21.7 Å². The van der Waals surface area contributed by atoms with E-state index in [1.54, 1.807) is 36.2 Å². The van der Waals surface area contributed by atoms with E-state index in [0.717, 1.165) is 35.4 Å². The van der Waals surface area contributed by atoms with Crippen molar-refractivity contribution in [1.29, 1.82) is 0 Å². The fraction of sp³-hybridized carbons (Fsp3) is 0.607. The van der Waals surface area contributed by atoms with Gasteiger partial charge < -0.3 is 0 Å². The van der Waals surface area contributed by atoms with Gasteiger partial charge in [0.25, 0.3) is 0 Å². The predicted molar refractivity (Wildman–Crippen MR) is 148 cm³/mol. The molecule has 0 atom stereocenters.